The molecule has 112 valence electrons. The highest BCUT2D eigenvalue weighted by Gasteiger charge is 2.38. The lowest BCUT2D eigenvalue weighted by Crippen LogP contribution is -2.43. The fourth-order valence-corrected chi connectivity index (χ4v) is 3.42. The summed E-state index contributed by atoms with van der Waals surface area (Å²) in [5, 5.41) is 0. The summed E-state index contributed by atoms with van der Waals surface area (Å²) in [5.74, 6) is 0. The first-order chi connectivity index (χ1) is 9.72. The summed E-state index contributed by atoms with van der Waals surface area (Å²) in [6, 6.07) is 8.77. The van der Waals surface area contributed by atoms with Crippen molar-refractivity contribution >= 4 is 0 Å². The summed E-state index contributed by atoms with van der Waals surface area (Å²) in [5.41, 5.74) is 9.06. The highest BCUT2D eigenvalue weighted by molar-refractivity contribution is 5.27. The molecule has 0 saturated heterocycles. The zero-order valence-corrected chi connectivity index (χ0v) is 13.0. The van der Waals surface area contributed by atoms with E-state index in [1.165, 1.54) is 36.8 Å². The maximum Gasteiger partial charge on any atom is 0.0874 e. The standard InChI is InChI=1S/C18H29NO/c1-3-15-9-11-16(12-10-15)17(19)18(20-4-2)13-7-5-6-8-14-18/h9-12,17H,3-8,13-14,19H2,1-2H3. The summed E-state index contributed by atoms with van der Waals surface area (Å²) in [4.78, 5) is 0. The molecule has 0 amide bonds. The highest BCUT2D eigenvalue weighted by atomic mass is 16.5. The predicted octanol–water partition coefficient (Wildman–Crippen LogP) is 4.38. The molecule has 2 rings (SSSR count). The Bertz CT molecular complexity index is 390. The van der Waals surface area contributed by atoms with E-state index in [9.17, 15) is 0 Å². The zero-order valence-electron chi connectivity index (χ0n) is 13.0. The van der Waals surface area contributed by atoms with Gasteiger partial charge < -0.3 is 10.5 Å². The molecule has 0 bridgehead atoms. The van der Waals surface area contributed by atoms with E-state index in [0.717, 1.165) is 25.9 Å². The molecule has 0 heterocycles. The summed E-state index contributed by atoms with van der Waals surface area (Å²) in [6.07, 6.45) is 8.37. The van der Waals surface area contributed by atoms with Crippen LogP contribution in [0.4, 0.5) is 0 Å². The number of ether oxygens (including phenoxy) is 1. The van der Waals surface area contributed by atoms with Crippen molar-refractivity contribution in [2.45, 2.75) is 70.4 Å². The smallest absolute Gasteiger partial charge is 0.0874 e. The molecule has 1 fully saturated rings. The summed E-state index contributed by atoms with van der Waals surface area (Å²) < 4.78 is 6.20. The van der Waals surface area contributed by atoms with Crippen molar-refractivity contribution in [3.63, 3.8) is 0 Å². The quantitative estimate of drug-likeness (QED) is 0.809. The molecule has 1 saturated carbocycles. The van der Waals surface area contributed by atoms with Crippen molar-refractivity contribution in [1.82, 2.24) is 0 Å². The maximum absolute atomic E-state index is 6.63. The van der Waals surface area contributed by atoms with Crippen LogP contribution in [0.3, 0.4) is 0 Å². The second kappa shape index (κ2) is 7.24. The third kappa shape index (κ3) is 3.42. The van der Waals surface area contributed by atoms with E-state index in [4.69, 9.17) is 10.5 Å². The van der Waals surface area contributed by atoms with Gasteiger partial charge in [-0.15, -0.1) is 0 Å². The van der Waals surface area contributed by atoms with E-state index in [1.54, 1.807) is 0 Å². The third-order valence-electron chi connectivity index (χ3n) is 4.70. The van der Waals surface area contributed by atoms with Crippen molar-refractivity contribution in [2.24, 2.45) is 5.73 Å². The Kier molecular flexibility index (Phi) is 5.62. The van der Waals surface area contributed by atoms with Crippen molar-refractivity contribution in [2.75, 3.05) is 6.61 Å². The van der Waals surface area contributed by atoms with Crippen LogP contribution < -0.4 is 5.73 Å². The van der Waals surface area contributed by atoms with Gasteiger partial charge in [-0.1, -0.05) is 56.9 Å². The minimum atomic E-state index is -0.154. The van der Waals surface area contributed by atoms with Gasteiger partial charge >= 0.3 is 0 Å². The van der Waals surface area contributed by atoms with Crippen molar-refractivity contribution in [1.29, 1.82) is 0 Å². The van der Waals surface area contributed by atoms with Gasteiger partial charge in [0.2, 0.25) is 0 Å². The van der Waals surface area contributed by atoms with Crippen molar-refractivity contribution in [3.8, 4) is 0 Å². The molecule has 0 spiro atoms. The van der Waals surface area contributed by atoms with Crippen LogP contribution in [0.2, 0.25) is 0 Å². The van der Waals surface area contributed by atoms with Gasteiger partial charge in [0.05, 0.1) is 11.6 Å². The molecule has 0 radical (unpaired) electrons. The second-order valence-corrected chi connectivity index (χ2v) is 5.98. The molecule has 20 heavy (non-hydrogen) atoms. The number of hydrogen-bond acceptors (Lipinski definition) is 2. The summed E-state index contributed by atoms with van der Waals surface area (Å²) in [6.45, 7) is 5.02. The lowest BCUT2D eigenvalue weighted by atomic mass is 9.82. The minimum absolute atomic E-state index is 0.00791. The molecule has 0 aromatic heterocycles. The molecule has 1 atom stereocenters. The molecule has 2 nitrogen and oxygen atoms in total. The second-order valence-electron chi connectivity index (χ2n) is 5.98. The van der Waals surface area contributed by atoms with E-state index < -0.39 is 0 Å². The lowest BCUT2D eigenvalue weighted by molar-refractivity contribution is -0.0695. The van der Waals surface area contributed by atoms with E-state index in [0.29, 0.717) is 0 Å². The number of aryl methyl sites for hydroxylation is 1. The molecule has 0 aliphatic heterocycles. The lowest BCUT2D eigenvalue weighted by Gasteiger charge is -2.38. The number of rotatable bonds is 5. The highest BCUT2D eigenvalue weighted by Crippen LogP contribution is 2.39. The normalized spacial score (nSPS) is 20.4. The van der Waals surface area contributed by atoms with Crippen LogP contribution in [-0.4, -0.2) is 12.2 Å². The van der Waals surface area contributed by atoms with Crippen LogP contribution in [0.15, 0.2) is 24.3 Å². The van der Waals surface area contributed by atoms with Crippen LogP contribution in [0, 0.1) is 0 Å². The summed E-state index contributed by atoms with van der Waals surface area (Å²) >= 11 is 0. The Morgan fingerprint density at radius 3 is 2.15 bits per heavy atom. The van der Waals surface area contributed by atoms with Crippen molar-refractivity contribution in [3.05, 3.63) is 35.4 Å². The molecule has 1 aromatic carbocycles. The predicted molar refractivity (Wildman–Crippen MR) is 84.8 cm³/mol. The monoisotopic (exact) mass is 275 g/mol. The number of hydrogen-bond donors (Lipinski definition) is 1. The van der Waals surface area contributed by atoms with Crippen molar-refractivity contribution < 1.29 is 4.74 Å². The average Bonchev–Trinajstić information content (AvgIpc) is 2.73. The maximum atomic E-state index is 6.63. The van der Waals surface area contributed by atoms with Gasteiger partial charge in [0.15, 0.2) is 0 Å². The van der Waals surface area contributed by atoms with Gasteiger partial charge in [-0.3, -0.25) is 0 Å². The Labute approximate surface area is 123 Å². The Hall–Kier alpha value is -0.860. The molecule has 1 unspecified atom stereocenters. The van der Waals surface area contributed by atoms with E-state index in [2.05, 4.69) is 38.1 Å². The molecule has 1 aromatic rings. The summed E-state index contributed by atoms with van der Waals surface area (Å²) in [7, 11) is 0. The Morgan fingerprint density at radius 2 is 1.65 bits per heavy atom. The zero-order chi connectivity index (χ0) is 14.4. The molecular weight excluding hydrogens is 246 g/mol. The van der Waals surface area contributed by atoms with Gasteiger partial charge in [0, 0.05) is 6.61 Å². The third-order valence-corrected chi connectivity index (χ3v) is 4.70. The fraction of sp³-hybridized carbons (Fsp3) is 0.667. The van der Waals surface area contributed by atoms with Gasteiger partial charge in [-0.25, -0.2) is 0 Å². The van der Waals surface area contributed by atoms with Gasteiger partial charge in [0.25, 0.3) is 0 Å². The first kappa shape index (κ1) is 15.5. The van der Waals surface area contributed by atoms with E-state index in [1.807, 2.05) is 0 Å². The van der Waals surface area contributed by atoms with Gasteiger partial charge in [-0.2, -0.15) is 0 Å². The number of benzene rings is 1. The Balaban J connectivity index is 2.21. The molecular formula is C18H29NO. The topological polar surface area (TPSA) is 35.2 Å². The van der Waals surface area contributed by atoms with Crippen LogP contribution in [0.25, 0.3) is 0 Å². The van der Waals surface area contributed by atoms with Crippen LogP contribution in [0.1, 0.15) is 69.5 Å². The Morgan fingerprint density at radius 1 is 1.05 bits per heavy atom. The molecule has 2 heteroatoms. The SMILES string of the molecule is CCOC1(C(N)c2ccc(CC)cc2)CCCCCC1. The largest absolute Gasteiger partial charge is 0.373 e. The van der Waals surface area contributed by atoms with Gasteiger partial charge in [0.1, 0.15) is 0 Å². The first-order valence-corrected chi connectivity index (χ1v) is 8.20. The van der Waals surface area contributed by atoms with Crippen LogP contribution >= 0.6 is 0 Å². The van der Waals surface area contributed by atoms with E-state index >= 15 is 0 Å². The van der Waals surface area contributed by atoms with E-state index in [-0.39, 0.29) is 11.6 Å². The molecule has 1 aliphatic rings. The first-order valence-electron chi connectivity index (χ1n) is 8.20. The van der Waals surface area contributed by atoms with Crippen LogP contribution in [0.5, 0.6) is 0 Å². The number of nitrogens with two attached hydrogens (primary N) is 1. The minimum Gasteiger partial charge on any atom is -0.373 e. The molecule has 2 N–H and O–H groups in total. The average molecular weight is 275 g/mol. The molecule has 1 aliphatic carbocycles. The van der Waals surface area contributed by atoms with Gasteiger partial charge in [-0.05, 0) is 37.3 Å². The van der Waals surface area contributed by atoms with Crippen LogP contribution in [-0.2, 0) is 11.2 Å². The fourth-order valence-electron chi connectivity index (χ4n) is 3.42.